The van der Waals surface area contributed by atoms with Gasteiger partial charge in [0.25, 0.3) is 10.0 Å². The summed E-state index contributed by atoms with van der Waals surface area (Å²) in [5.74, 6) is -0.623. The van der Waals surface area contributed by atoms with E-state index >= 15 is 0 Å². The molecule has 0 aliphatic carbocycles. The highest BCUT2D eigenvalue weighted by Gasteiger charge is 2.45. The lowest BCUT2D eigenvalue weighted by molar-refractivity contribution is -0.134. The number of rotatable bonds is 13. The monoisotopic (exact) mass is 840 g/mol. The van der Waals surface area contributed by atoms with Gasteiger partial charge in [-0.05, 0) is 110 Å². The predicted molar refractivity (Wildman–Crippen MR) is 220 cm³/mol. The Balaban J connectivity index is 1.16. The molecule has 0 atom stereocenters. The van der Waals surface area contributed by atoms with Crippen LogP contribution in [0, 0.1) is 0 Å². The summed E-state index contributed by atoms with van der Waals surface area (Å²) >= 11 is 15.3. The summed E-state index contributed by atoms with van der Waals surface area (Å²) in [6.07, 6.45) is 3.08. The van der Waals surface area contributed by atoms with E-state index in [1.807, 2.05) is 31.2 Å². The first-order chi connectivity index (χ1) is 25.4. The number of azo groups is 1. The van der Waals surface area contributed by atoms with Crippen molar-refractivity contribution in [3.63, 3.8) is 0 Å². The molecule has 11 nitrogen and oxygen atoms in total. The minimum absolute atomic E-state index is 0.00779. The van der Waals surface area contributed by atoms with Crippen LogP contribution in [-0.2, 0) is 38.4 Å². The first kappa shape index (κ1) is 38.8. The van der Waals surface area contributed by atoms with E-state index in [1.165, 1.54) is 54.7 Å². The number of ether oxygens (including phenoxy) is 2. The van der Waals surface area contributed by atoms with E-state index in [-0.39, 0.29) is 45.6 Å². The van der Waals surface area contributed by atoms with Gasteiger partial charge in [0.2, 0.25) is 0 Å². The molecule has 272 valence electrons. The predicted octanol–water partition coefficient (Wildman–Crippen LogP) is 9.37. The van der Waals surface area contributed by atoms with Crippen molar-refractivity contribution in [2.75, 3.05) is 4.72 Å². The van der Waals surface area contributed by atoms with E-state index in [0.717, 1.165) is 17.0 Å². The highest BCUT2D eigenvalue weighted by molar-refractivity contribution is 9.48. The van der Waals surface area contributed by atoms with Gasteiger partial charge in [0.05, 0.1) is 25.2 Å². The third kappa shape index (κ3) is 9.63. The van der Waals surface area contributed by atoms with Crippen LogP contribution in [0.15, 0.2) is 131 Å². The molecule has 0 radical (unpaired) electrons. The number of unbranched alkanes of at least 4 members (excludes halogenated alkanes) is 1. The summed E-state index contributed by atoms with van der Waals surface area (Å²) < 4.78 is 35.1. The molecule has 1 aliphatic rings. The zero-order valence-corrected chi connectivity index (χ0v) is 33.6. The smallest absolute Gasteiger partial charge is 0.347 e. The molecule has 0 unspecified atom stereocenters. The highest BCUT2D eigenvalue weighted by atomic mass is 33.7. The van der Waals surface area contributed by atoms with Gasteiger partial charge < -0.3 is 14.6 Å². The van der Waals surface area contributed by atoms with Gasteiger partial charge in [-0.2, -0.15) is 10.2 Å². The molecule has 0 saturated carbocycles. The molecule has 1 aliphatic heterocycles. The van der Waals surface area contributed by atoms with Gasteiger partial charge in [-0.3, -0.25) is 9.52 Å². The largest absolute Gasteiger partial charge is 0.508 e. The summed E-state index contributed by atoms with van der Waals surface area (Å²) in [6, 6.07) is 29.0. The molecule has 0 spiro atoms. The van der Waals surface area contributed by atoms with E-state index in [9.17, 15) is 23.1 Å². The van der Waals surface area contributed by atoms with Crippen molar-refractivity contribution in [1.82, 2.24) is 4.98 Å². The number of hydrogen-bond donors (Lipinski definition) is 2. The standard InChI is InChI=1S/C35H30N4O7P2S5/c1-2-3-7-34(41)46-32-21-10-25(38-37-24-8-19-30(20-9-24)53(43,44)39-33-6-4-5-22-36-33)23-31(32)35(42)45-27-13-17-29(18-14-27)48(50)51-47(49,52-48)28-15-11-26(40)12-16-28/h4-6,8-23,40H,2-3,7H2,1H3,(H,36,39). The van der Waals surface area contributed by atoms with Gasteiger partial charge in [0.1, 0.15) is 28.6 Å². The fourth-order valence-electron chi connectivity index (χ4n) is 4.72. The van der Waals surface area contributed by atoms with Crippen LogP contribution < -0.4 is 24.8 Å². The second-order valence-electron chi connectivity index (χ2n) is 11.3. The molecule has 4 aromatic carbocycles. The third-order valence-electron chi connectivity index (χ3n) is 7.43. The summed E-state index contributed by atoms with van der Waals surface area (Å²) in [4.78, 5) is 30.0. The maximum Gasteiger partial charge on any atom is 0.347 e. The van der Waals surface area contributed by atoms with E-state index in [0.29, 0.717) is 12.1 Å². The molecule has 5 aromatic rings. The summed E-state index contributed by atoms with van der Waals surface area (Å²) in [7, 11) is -3.88. The topological polar surface area (TPSA) is 157 Å². The molecule has 0 amide bonds. The second kappa shape index (κ2) is 16.6. The molecule has 1 fully saturated rings. The fraction of sp³-hybridized carbons (Fsp3) is 0.114. The van der Waals surface area contributed by atoms with Crippen LogP contribution in [0.5, 0.6) is 17.2 Å². The van der Waals surface area contributed by atoms with Crippen molar-refractivity contribution in [3.05, 3.63) is 121 Å². The number of hydrogen-bond acceptors (Lipinski definition) is 14. The summed E-state index contributed by atoms with van der Waals surface area (Å²) in [5.41, 5.74) is 0.574. The molecule has 53 heavy (non-hydrogen) atoms. The Morgan fingerprint density at radius 3 is 2.08 bits per heavy atom. The summed E-state index contributed by atoms with van der Waals surface area (Å²) in [5, 5.41) is 20.0. The highest BCUT2D eigenvalue weighted by Crippen LogP contribution is 3.04. The van der Waals surface area contributed by atoms with Gasteiger partial charge >= 0.3 is 11.9 Å². The molecule has 1 aromatic heterocycles. The Morgan fingerprint density at radius 1 is 0.830 bits per heavy atom. The first-order valence-electron chi connectivity index (χ1n) is 15.9. The Morgan fingerprint density at radius 2 is 1.45 bits per heavy atom. The molecule has 1 saturated heterocycles. The molecule has 6 rings (SSSR count). The molecular formula is C35H30N4O7P2S5. The molecule has 0 bridgehead atoms. The average Bonchev–Trinajstić information content (AvgIpc) is 3.14. The summed E-state index contributed by atoms with van der Waals surface area (Å²) in [6.45, 7) is 1.95. The van der Waals surface area contributed by atoms with Crippen molar-refractivity contribution in [3.8, 4) is 17.2 Å². The van der Waals surface area contributed by atoms with Gasteiger partial charge in [0.15, 0.2) is 0 Å². The lowest BCUT2D eigenvalue weighted by Crippen LogP contribution is -2.14. The van der Waals surface area contributed by atoms with Gasteiger partial charge in [-0.25, -0.2) is 18.2 Å². The van der Waals surface area contributed by atoms with Crippen LogP contribution in [0.25, 0.3) is 0 Å². The zero-order chi connectivity index (χ0) is 37.6. The number of phenols is 1. The molecule has 2 N–H and O–H groups in total. The lowest BCUT2D eigenvalue weighted by Gasteiger charge is -2.40. The van der Waals surface area contributed by atoms with E-state index < -0.39 is 30.8 Å². The fourth-order valence-corrected chi connectivity index (χ4v) is 48.0. The van der Waals surface area contributed by atoms with Crippen molar-refractivity contribution in [2.24, 2.45) is 10.2 Å². The maximum atomic E-state index is 13.5. The Bertz CT molecular complexity index is 2370. The Hall–Kier alpha value is -3.88. The quantitative estimate of drug-likeness (QED) is 0.0502. The van der Waals surface area contributed by atoms with Crippen molar-refractivity contribution < 1.29 is 32.6 Å². The SMILES string of the molecule is CCCCC(=O)Oc1ccc(N=Nc2ccc(S(=O)(=O)Nc3ccccn3)cc2)cc1C(=O)Oc1ccc(P2(=S)SP(=S)(c3ccc(O)cc3)S2)cc1. The van der Waals surface area contributed by atoms with Crippen LogP contribution in [0.3, 0.4) is 0 Å². The van der Waals surface area contributed by atoms with Gasteiger partial charge in [-0.1, -0.05) is 65.0 Å². The Labute approximate surface area is 324 Å². The molecular weight excluding hydrogens is 811 g/mol. The zero-order valence-electron chi connectivity index (χ0n) is 27.8. The van der Waals surface area contributed by atoms with Crippen molar-refractivity contribution >= 4 is 104 Å². The van der Waals surface area contributed by atoms with Crippen LogP contribution >= 0.6 is 30.9 Å². The number of aromatic nitrogens is 1. The van der Waals surface area contributed by atoms with Crippen LogP contribution in [0.4, 0.5) is 17.2 Å². The van der Waals surface area contributed by atoms with Crippen molar-refractivity contribution in [1.29, 1.82) is 0 Å². The van der Waals surface area contributed by atoms with E-state index in [4.69, 9.17) is 33.1 Å². The number of benzene rings is 4. The Kier molecular flexibility index (Phi) is 12.2. The minimum Gasteiger partial charge on any atom is -0.508 e. The number of nitrogens with zero attached hydrogens (tertiary/aromatic N) is 3. The number of nitrogens with one attached hydrogen (secondary N) is 1. The van der Waals surface area contributed by atoms with Gasteiger partial charge in [-0.15, -0.1) is 0 Å². The number of esters is 2. The normalized spacial score (nSPS) is 18.2. The number of pyridine rings is 1. The van der Waals surface area contributed by atoms with Crippen LogP contribution in [0.1, 0.15) is 36.5 Å². The number of phenolic OH excluding ortho intramolecular Hbond substituents is 1. The number of carbonyl (C=O) groups is 2. The average molecular weight is 841 g/mol. The third-order valence-corrected chi connectivity index (χ3v) is 40.0. The van der Waals surface area contributed by atoms with Crippen LogP contribution in [-0.4, -0.2) is 30.4 Å². The number of sulfonamides is 1. The van der Waals surface area contributed by atoms with E-state index in [1.54, 1.807) is 58.4 Å². The van der Waals surface area contributed by atoms with E-state index in [2.05, 4.69) is 19.9 Å². The molecule has 2 heterocycles. The van der Waals surface area contributed by atoms with Gasteiger partial charge in [0, 0.05) is 23.2 Å². The molecule has 18 heteroatoms. The number of aromatic hydroxyl groups is 1. The maximum absolute atomic E-state index is 13.5. The minimum atomic E-state index is -3.88. The van der Waals surface area contributed by atoms with Crippen molar-refractivity contribution in [2.45, 2.75) is 31.1 Å². The second-order valence-corrected chi connectivity index (χ2v) is 34.3. The lowest BCUT2D eigenvalue weighted by atomic mass is 10.1. The number of anilines is 1. The van der Waals surface area contributed by atoms with Crippen LogP contribution in [0.2, 0.25) is 0 Å². The number of carbonyl (C=O) groups excluding carboxylic acids is 2. The first-order valence-corrected chi connectivity index (χ1v) is 27.1.